The molecule has 0 aliphatic carbocycles. The van der Waals surface area contributed by atoms with Gasteiger partial charge in [0.05, 0.1) is 5.60 Å². The van der Waals surface area contributed by atoms with Crippen LogP contribution in [0.25, 0.3) is 0 Å². The predicted molar refractivity (Wildman–Crippen MR) is 43.5 cm³/mol. The summed E-state index contributed by atoms with van der Waals surface area (Å²) in [6, 6.07) is 0. The molecule has 0 spiro atoms. The van der Waals surface area contributed by atoms with Gasteiger partial charge in [-0.05, 0) is 13.8 Å². The minimum Gasteiger partial charge on any atom is -0.362 e. The molecule has 0 unspecified atom stereocenters. The molecule has 0 aromatic heterocycles. The van der Waals surface area contributed by atoms with Gasteiger partial charge in [0, 0.05) is 5.92 Å². The Labute approximate surface area is 63.8 Å². The topological polar surface area (TPSA) is 9.23 Å². The Hall–Kier alpha value is -0.480. The zero-order valence-corrected chi connectivity index (χ0v) is 7.19. The van der Waals surface area contributed by atoms with E-state index in [1.54, 1.807) is 0 Å². The molecule has 0 fully saturated rings. The van der Waals surface area contributed by atoms with Crippen molar-refractivity contribution in [3.05, 3.63) is 5.92 Å². The second-order valence-electron chi connectivity index (χ2n) is 3.00. The lowest BCUT2D eigenvalue weighted by molar-refractivity contribution is 0.0155. The SMILES string of the molecule is C#CCOC(C)(C)[C](C)C. The lowest BCUT2D eigenvalue weighted by Crippen LogP contribution is -2.29. The van der Waals surface area contributed by atoms with Gasteiger partial charge >= 0.3 is 0 Å². The highest BCUT2D eigenvalue weighted by Crippen LogP contribution is 2.21. The van der Waals surface area contributed by atoms with Gasteiger partial charge < -0.3 is 4.74 Å². The van der Waals surface area contributed by atoms with Gasteiger partial charge in [0.25, 0.3) is 0 Å². The van der Waals surface area contributed by atoms with Crippen LogP contribution in [-0.4, -0.2) is 12.2 Å². The number of terminal acetylenes is 1. The van der Waals surface area contributed by atoms with E-state index in [0.29, 0.717) is 6.61 Å². The molecule has 0 heterocycles. The first-order valence-electron chi connectivity index (χ1n) is 3.39. The molecule has 0 saturated carbocycles. The predicted octanol–water partition coefficient (Wildman–Crippen LogP) is 2.03. The second kappa shape index (κ2) is 3.63. The summed E-state index contributed by atoms with van der Waals surface area (Å²) >= 11 is 0. The fourth-order valence-electron chi connectivity index (χ4n) is 0.366. The molecule has 1 nitrogen and oxygen atoms in total. The van der Waals surface area contributed by atoms with E-state index < -0.39 is 0 Å². The van der Waals surface area contributed by atoms with Crippen LogP contribution in [0.5, 0.6) is 0 Å². The van der Waals surface area contributed by atoms with Crippen LogP contribution >= 0.6 is 0 Å². The molecule has 0 atom stereocenters. The van der Waals surface area contributed by atoms with Crippen LogP contribution in [0.2, 0.25) is 0 Å². The second-order valence-corrected chi connectivity index (χ2v) is 3.00. The van der Waals surface area contributed by atoms with Gasteiger partial charge in [-0.1, -0.05) is 19.8 Å². The molecule has 0 rings (SSSR count). The average molecular weight is 139 g/mol. The molecule has 0 aliphatic heterocycles. The van der Waals surface area contributed by atoms with Gasteiger partial charge in [-0.2, -0.15) is 0 Å². The van der Waals surface area contributed by atoms with Gasteiger partial charge in [-0.25, -0.2) is 0 Å². The molecular formula is C9H15O. The van der Waals surface area contributed by atoms with Gasteiger partial charge in [0.1, 0.15) is 6.61 Å². The molecular weight excluding hydrogens is 124 g/mol. The summed E-state index contributed by atoms with van der Waals surface area (Å²) in [5, 5.41) is 0. The van der Waals surface area contributed by atoms with Crippen molar-refractivity contribution < 1.29 is 4.74 Å². The van der Waals surface area contributed by atoms with E-state index in [1.165, 1.54) is 5.92 Å². The van der Waals surface area contributed by atoms with E-state index in [2.05, 4.69) is 5.92 Å². The van der Waals surface area contributed by atoms with E-state index in [-0.39, 0.29) is 5.60 Å². The quantitative estimate of drug-likeness (QED) is 0.544. The van der Waals surface area contributed by atoms with Gasteiger partial charge in [0.2, 0.25) is 0 Å². The number of hydrogen-bond acceptors (Lipinski definition) is 1. The standard InChI is InChI=1S/C9H15O/c1-6-7-10-9(4,5)8(2)3/h1H,7H2,2-5H3. The highest BCUT2D eigenvalue weighted by Gasteiger charge is 2.22. The molecule has 0 bridgehead atoms. The minimum absolute atomic E-state index is 0.174. The summed E-state index contributed by atoms with van der Waals surface area (Å²) < 4.78 is 5.37. The van der Waals surface area contributed by atoms with Crippen molar-refractivity contribution in [2.45, 2.75) is 33.3 Å². The van der Waals surface area contributed by atoms with Crippen molar-refractivity contribution in [1.82, 2.24) is 0 Å². The third-order valence-electron chi connectivity index (χ3n) is 1.72. The fraction of sp³-hybridized carbons (Fsp3) is 0.667. The molecule has 10 heavy (non-hydrogen) atoms. The largest absolute Gasteiger partial charge is 0.362 e. The van der Waals surface area contributed by atoms with Crippen LogP contribution < -0.4 is 0 Å². The van der Waals surface area contributed by atoms with Crippen LogP contribution in [0.1, 0.15) is 27.7 Å². The Kier molecular flexibility index (Phi) is 3.46. The monoisotopic (exact) mass is 139 g/mol. The van der Waals surface area contributed by atoms with Gasteiger partial charge in [0.15, 0.2) is 0 Å². The molecule has 1 heteroatoms. The summed E-state index contributed by atoms with van der Waals surface area (Å²) in [4.78, 5) is 0. The summed E-state index contributed by atoms with van der Waals surface area (Å²) in [5.41, 5.74) is -0.174. The first kappa shape index (κ1) is 9.52. The molecule has 0 aromatic rings. The molecule has 0 N–H and O–H groups in total. The van der Waals surface area contributed by atoms with Crippen LogP contribution in [0.3, 0.4) is 0 Å². The van der Waals surface area contributed by atoms with Crippen molar-refractivity contribution in [2.24, 2.45) is 0 Å². The maximum absolute atomic E-state index is 5.37. The van der Waals surface area contributed by atoms with Crippen molar-refractivity contribution >= 4 is 0 Å². The normalized spacial score (nSPS) is 11.6. The Morgan fingerprint density at radius 1 is 1.50 bits per heavy atom. The Morgan fingerprint density at radius 2 is 2.00 bits per heavy atom. The van der Waals surface area contributed by atoms with Crippen molar-refractivity contribution in [1.29, 1.82) is 0 Å². The maximum atomic E-state index is 5.37. The fourth-order valence-corrected chi connectivity index (χ4v) is 0.366. The summed E-state index contributed by atoms with van der Waals surface area (Å²) in [5.74, 6) is 3.68. The average Bonchev–Trinajstić information content (AvgIpc) is 1.84. The summed E-state index contributed by atoms with van der Waals surface area (Å²) in [6.45, 7) is 8.49. The van der Waals surface area contributed by atoms with E-state index in [1.807, 2.05) is 27.7 Å². The first-order valence-corrected chi connectivity index (χ1v) is 3.39. The van der Waals surface area contributed by atoms with Gasteiger partial charge in [-0.15, -0.1) is 6.42 Å². The van der Waals surface area contributed by atoms with Crippen molar-refractivity contribution in [3.8, 4) is 12.3 Å². The number of rotatable bonds is 3. The van der Waals surface area contributed by atoms with E-state index >= 15 is 0 Å². The number of ether oxygens (including phenoxy) is 1. The van der Waals surface area contributed by atoms with Crippen LogP contribution in [-0.2, 0) is 4.74 Å². The van der Waals surface area contributed by atoms with E-state index in [9.17, 15) is 0 Å². The molecule has 0 aliphatic rings. The Morgan fingerprint density at radius 3 is 2.30 bits per heavy atom. The molecule has 1 radical (unpaired) electrons. The Balaban J connectivity index is 3.77. The van der Waals surface area contributed by atoms with Gasteiger partial charge in [-0.3, -0.25) is 0 Å². The zero-order chi connectivity index (χ0) is 8.20. The van der Waals surface area contributed by atoms with Crippen LogP contribution in [0.4, 0.5) is 0 Å². The van der Waals surface area contributed by atoms with Crippen molar-refractivity contribution in [2.75, 3.05) is 6.61 Å². The molecule has 57 valence electrons. The van der Waals surface area contributed by atoms with E-state index in [4.69, 9.17) is 11.2 Å². The third-order valence-corrected chi connectivity index (χ3v) is 1.72. The number of hydrogen-bond donors (Lipinski definition) is 0. The highest BCUT2D eigenvalue weighted by atomic mass is 16.5. The lowest BCUT2D eigenvalue weighted by Gasteiger charge is -2.27. The van der Waals surface area contributed by atoms with E-state index in [0.717, 1.165) is 0 Å². The third kappa shape index (κ3) is 2.89. The highest BCUT2D eigenvalue weighted by molar-refractivity contribution is 4.98. The zero-order valence-electron chi connectivity index (χ0n) is 7.19. The van der Waals surface area contributed by atoms with Crippen molar-refractivity contribution in [3.63, 3.8) is 0 Å². The molecule has 0 amide bonds. The molecule has 0 saturated heterocycles. The maximum Gasteiger partial charge on any atom is 0.108 e. The Bertz CT molecular complexity index is 128. The smallest absolute Gasteiger partial charge is 0.108 e. The first-order chi connectivity index (χ1) is 4.50. The summed E-state index contributed by atoms with van der Waals surface area (Å²) in [6.07, 6.45) is 5.05. The van der Waals surface area contributed by atoms with Crippen LogP contribution in [0, 0.1) is 18.3 Å². The summed E-state index contributed by atoms with van der Waals surface area (Å²) in [7, 11) is 0. The molecule has 0 aromatic carbocycles. The lowest BCUT2D eigenvalue weighted by atomic mass is 9.95. The minimum atomic E-state index is -0.174. The van der Waals surface area contributed by atoms with Crippen LogP contribution in [0.15, 0.2) is 0 Å².